The van der Waals surface area contributed by atoms with Gasteiger partial charge in [-0.15, -0.1) is 0 Å². The molecule has 2 aromatic carbocycles. The van der Waals surface area contributed by atoms with Crippen LogP contribution in [0.5, 0.6) is 0 Å². The number of carbonyl (C=O) groups excluding carboxylic acids is 1. The summed E-state index contributed by atoms with van der Waals surface area (Å²) in [5.74, 6) is -0.264. The molecule has 0 fully saturated rings. The molecule has 3 aromatic rings. The summed E-state index contributed by atoms with van der Waals surface area (Å²) < 4.78 is 1.65. The van der Waals surface area contributed by atoms with E-state index >= 15 is 0 Å². The largest absolute Gasteiger partial charge is 0.345 e. The van der Waals surface area contributed by atoms with Gasteiger partial charge in [-0.25, -0.2) is 4.68 Å². The second-order valence-electron chi connectivity index (χ2n) is 6.61. The molecule has 1 amide bonds. The highest BCUT2D eigenvalue weighted by molar-refractivity contribution is 6.33. The third-order valence-corrected chi connectivity index (χ3v) is 5.19. The molecule has 1 heterocycles. The molecule has 0 saturated carbocycles. The van der Waals surface area contributed by atoms with Crippen LogP contribution in [0, 0.1) is 13.8 Å². The molecule has 0 aliphatic carbocycles. The van der Waals surface area contributed by atoms with Crippen LogP contribution in [0.15, 0.2) is 48.5 Å². The molecule has 0 aliphatic heterocycles. The Balaban J connectivity index is 1.80. The number of nitrogens with zero attached hydrogens (tertiary/aromatic N) is 2. The van der Waals surface area contributed by atoms with Crippen molar-refractivity contribution in [1.29, 1.82) is 0 Å². The second kappa shape index (κ2) is 8.15. The first-order valence-corrected chi connectivity index (χ1v) is 9.46. The Morgan fingerprint density at radius 2 is 1.78 bits per heavy atom. The van der Waals surface area contributed by atoms with E-state index in [1.54, 1.807) is 17.7 Å². The lowest BCUT2D eigenvalue weighted by Gasteiger charge is -2.15. The fourth-order valence-electron chi connectivity index (χ4n) is 2.96. The maximum Gasteiger partial charge on any atom is 0.256 e. The maximum absolute atomic E-state index is 12.8. The van der Waals surface area contributed by atoms with Gasteiger partial charge in [-0.1, -0.05) is 71.2 Å². The van der Waals surface area contributed by atoms with E-state index in [0.717, 1.165) is 11.1 Å². The van der Waals surface area contributed by atoms with Crippen molar-refractivity contribution in [2.45, 2.75) is 33.4 Å². The van der Waals surface area contributed by atoms with Crippen LogP contribution in [0.3, 0.4) is 0 Å². The van der Waals surface area contributed by atoms with Crippen molar-refractivity contribution in [2.75, 3.05) is 0 Å². The summed E-state index contributed by atoms with van der Waals surface area (Å²) in [6, 6.07) is 15.3. The van der Waals surface area contributed by atoms with E-state index in [0.29, 0.717) is 28.0 Å². The number of halogens is 2. The average Bonchev–Trinajstić information content (AvgIpc) is 2.90. The molecule has 0 bridgehead atoms. The maximum atomic E-state index is 12.8. The monoisotopic (exact) mass is 401 g/mol. The number of aromatic nitrogens is 2. The van der Waals surface area contributed by atoms with Gasteiger partial charge in [-0.05, 0) is 38.0 Å². The van der Waals surface area contributed by atoms with Crippen molar-refractivity contribution < 1.29 is 4.79 Å². The predicted molar refractivity (Wildman–Crippen MR) is 110 cm³/mol. The second-order valence-corrected chi connectivity index (χ2v) is 7.38. The first kappa shape index (κ1) is 19.5. The van der Waals surface area contributed by atoms with Gasteiger partial charge in [0, 0.05) is 5.02 Å². The minimum absolute atomic E-state index is 0.248. The van der Waals surface area contributed by atoms with Crippen molar-refractivity contribution in [3.05, 3.63) is 86.7 Å². The van der Waals surface area contributed by atoms with Gasteiger partial charge in [0.25, 0.3) is 5.91 Å². The van der Waals surface area contributed by atoms with Crippen LogP contribution in [-0.2, 0) is 6.54 Å². The summed E-state index contributed by atoms with van der Waals surface area (Å²) in [4.78, 5) is 12.8. The van der Waals surface area contributed by atoms with Crippen molar-refractivity contribution in [3.8, 4) is 0 Å². The van der Waals surface area contributed by atoms with Gasteiger partial charge in [0.1, 0.15) is 5.15 Å². The quantitative estimate of drug-likeness (QED) is 0.626. The van der Waals surface area contributed by atoms with E-state index < -0.39 is 0 Å². The van der Waals surface area contributed by atoms with E-state index in [4.69, 9.17) is 23.2 Å². The number of nitrogens with one attached hydrogen (secondary N) is 1. The summed E-state index contributed by atoms with van der Waals surface area (Å²) >= 11 is 12.7. The number of amides is 1. The summed E-state index contributed by atoms with van der Waals surface area (Å²) in [6.07, 6.45) is 0. The van der Waals surface area contributed by atoms with Crippen molar-refractivity contribution in [1.82, 2.24) is 15.1 Å². The molecule has 3 rings (SSSR count). The van der Waals surface area contributed by atoms with E-state index in [-0.39, 0.29) is 11.9 Å². The summed E-state index contributed by atoms with van der Waals surface area (Å²) in [7, 11) is 0. The molecule has 0 radical (unpaired) electrons. The van der Waals surface area contributed by atoms with Gasteiger partial charge in [0.15, 0.2) is 0 Å². The van der Waals surface area contributed by atoms with Crippen LogP contribution in [-0.4, -0.2) is 15.7 Å². The van der Waals surface area contributed by atoms with E-state index in [1.807, 2.05) is 56.3 Å². The zero-order chi connectivity index (χ0) is 19.6. The minimum Gasteiger partial charge on any atom is -0.345 e. The van der Waals surface area contributed by atoms with Crippen LogP contribution in [0.25, 0.3) is 0 Å². The van der Waals surface area contributed by atoms with Crippen molar-refractivity contribution in [3.63, 3.8) is 0 Å². The standard InChI is InChI=1S/C21H21Cl2N3O/c1-13-8-10-16(11-9-13)12-26-20(23)19(15(3)25-26)21(27)24-14(2)17-6-4-5-7-18(17)22/h4-11,14H,12H2,1-3H3,(H,24,27). The Morgan fingerprint density at radius 3 is 2.44 bits per heavy atom. The molecular formula is C21H21Cl2N3O. The molecule has 6 heteroatoms. The van der Waals surface area contributed by atoms with Crippen molar-refractivity contribution >= 4 is 29.1 Å². The first-order chi connectivity index (χ1) is 12.9. The van der Waals surface area contributed by atoms with Crippen LogP contribution >= 0.6 is 23.2 Å². The zero-order valence-corrected chi connectivity index (χ0v) is 17.0. The van der Waals surface area contributed by atoms with Crippen LogP contribution in [0.1, 0.15) is 45.7 Å². The molecule has 1 unspecified atom stereocenters. The Kier molecular flexibility index (Phi) is 5.88. The lowest BCUT2D eigenvalue weighted by atomic mass is 10.1. The Morgan fingerprint density at radius 1 is 1.11 bits per heavy atom. The van der Waals surface area contributed by atoms with Gasteiger partial charge < -0.3 is 5.32 Å². The van der Waals surface area contributed by atoms with E-state index in [2.05, 4.69) is 10.4 Å². The van der Waals surface area contributed by atoms with Crippen LogP contribution in [0.2, 0.25) is 10.2 Å². The highest BCUT2D eigenvalue weighted by Gasteiger charge is 2.22. The summed E-state index contributed by atoms with van der Waals surface area (Å²) in [5, 5.41) is 8.35. The van der Waals surface area contributed by atoms with E-state index in [9.17, 15) is 4.79 Å². The zero-order valence-electron chi connectivity index (χ0n) is 15.5. The minimum atomic E-state index is -0.264. The number of hydrogen-bond acceptors (Lipinski definition) is 2. The molecule has 4 nitrogen and oxygen atoms in total. The number of benzene rings is 2. The lowest BCUT2D eigenvalue weighted by molar-refractivity contribution is 0.0939. The van der Waals surface area contributed by atoms with E-state index in [1.165, 1.54) is 5.56 Å². The Bertz CT molecular complexity index is 964. The van der Waals surface area contributed by atoms with Crippen molar-refractivity contribution in [2.24, 2.45) is 0 Å². The SMILES string of the molecule is Cc1ccc(Cn2nc(C)c(C(=O)NC(C)c3ccccc3Cl)c2Cl)cc1. The van der Waals surface area contributed by atoms with Crippen LogP contribution in [0.4, 0.5) is 0 Å². The molecule has 0 aliphatic rings. The number of carbonyl (C=O) groups is 1. The molecule has 1 atom stereocenters. The topological polar surface area (TPSA) is 46.9 Å². The van der Waals surface area contributed by atoms with Gasteiger partial charge in [-0.3, -0.25) is 4.79 Å². The highest BCUT2D eigenvalue weighted by Crippen LogP contribution is 2.25. The third kappa shape index (κ3) is 4.34. The Labute approximate surface area is 169 Å². The normalized spacial score (nSPS) is 12.0. The average molecular weight is 402 g/mol. The van der Waals surface area contributed by atoms with Gasteiger partial charge in [0.2, 0.25) is 0 Å². The Hall–Kier alpha value is -2.30. The molecule has 0 spiro atoms. The highest BCUT2D eigenvalue weighted by atomic mass is 35.5. The molecular weight excluding hydrogens is 381 g/mol. The summed E-state index contributed by atoms with van der Waals surface area (Å²) in [6.45, 7) is 6.22. The molecule has 140 valence electrons. The smallest absolute Gasteiger partial charge is 0.256 e. The predicted octanol–water partition coefficient (Wildman–Crippen LogP) is 5.35. The number of rotatable bonds is 5. The number of hydrogen-bond donors (Lipinski definition) is 1. The van der Waals surface area contributed by atoms with Crippen LogP contribution < -0.4 is 5.32 Å². The third-order valence-electron chi connectivity index (χ3n) is 4.46. The van der Waals surface area contributed by atoms with Gasteiger partial charge in [0.05, 0.1) is 23.8 Å². The summed E-state index contributed by atoms with van der Waals surface area (Å²) in [5.41, 5.74) is 4.10. The fraction of sp³-hybridized carbons (Fsp3) is 0.238. The molecule has 0 saturated heterocycles. The molecule has 1 N–H and O–H groups in total. The molecule has 27 heavy (non-hydrogen) atoms. The fourth-order valence-corrected chi connectivity index (χ4v) is 3.57. The number of aryl methyl sites for hydroxylation is 2. The van der Waals surface area contributed by atoms with Gasteiger partial charge >= 0.3 is 0 Å². The van der Waals surface area contributed by atoms with Gasteiger partial charge in [-0.2, -0.15) is 5.10 Å². The molecule has 1 aromatic heterocycles. The lowest BCUT2D eigenvalue weighted by Crippen LogP contribution is -2.27. The first-order valence-electron chi connectivity index (χ1n) is 8.70.